The number of carbonyl (C=O) groups excluding carboxylic acids is 2. The van der Waals surface area contributed by atoms with Gasteiger partial charge in [-0.05, 0) is 24.3 Å². The fourth-order valence-corrected chi connectivity index (χ4v) is 2.30. The van der Waals surface area contributed by atoms with Crippen LogP contribution in [-0.2, 0) is 0 Å². The first kappa shape index (κ1) is 19.2. The topological polar surface area (TPSA) is 93.2 Å². The number of urea groups is 1. The molecule has 7 nitrogen and oxygen atoms in total. The van der Waals surface area contributed by atoms with Crippen LogP contribution < -0.4 is 15.4 Å². The minimum atomic E-state index is -1.27. The van der Waals surface area contributed by atoms with Gasteiger partial charge in [-0.1, -0.05) is 35.9 Å². The van der Waals surface area contributed by atoms with Crippen molar-refractivity contribution in [3.8, 4) is 11.6 Å². The van der Waals surface area contributed by atoms with Crippen LogP contribution in [-0.4, -0.2) is 21.9 Å². The minimum absolute atomic E-state index is 0.0352. The van der Waals surface area contributed by atoms with E-state index in [1.54, 1.807) is 35.6 Å². The molecule has 0 saturated heterocycles. The Hall–Kier alpha value is -3.59. The van der Waals surface area contributed by atoms with E-state index in [9.17, 15) is 18.4 Å². The van der Waals surface area contributed by atoms with Gasteiger partial charge in [0, 0.05) is 6.07 Å². The number of nitrogens with one attached hydrogen (secondary N) is 2. The van der Waals surface area contributed by atoms with Gasteiger partial charge in [-0.2, -0.15) is 4.98 Å². The predicted octanol–water partition coefficient (Wildman–Crippen LogP) is 4.16. The molecule has 142 valence electrons. The summed E-state index contributed by atoms with van der Waals surface area (Å²) in [4.78, 5) is 31.6. The molecular weight excluding hydrogens is 394 g/mol. The van der Waals surface area contributed by atoms with Gasteiger partial charge in [-0.25, -0.2) is 18.6 Å². The lowest BCUT2D eigenvalue weighted by atomic mass is 10.2. The van der Waals surface area contributed by atoms with Gasteiger partial charge >= 0.3 is 6.03 Å². The number of anilines is 1. The first-order valence-corrected chi connectivity index (χ1v) is 8.14. The maximum Gasteiger partial charge on any atom is 0.328 e. The molecule has 0 spiro atoms. The zero-order valence-electron chi connectivity index (χ0n) is 13.9. The van der Waals surface area contributed by atoms with Gasteiger partial charge in [0.2, 0.25) is 11.8 Å². The number of aromatic nitrogens is 2. The van der Waals surface area contributed by atoms with E-state index in [2.05, 4.69) is 15.3 Å². The number of rotatable bonds is 4. The Kier molecular flexibility index (Phi) is 5.75. The van der Waals surface area contributed by atoms with E-state index in [1.165, 1.54) is 6.07 Å². The highest BCUT2D eigenvalue weighted by molar-refractivity contribution is 6.29. The molecule has 3 aromatic rings. The molecular formula is C18H11ClF2N4O3. The maximum absolute atomic E-state index is 13.6. The normalized spacial score (nSPS) is 10.2. The number of amides is 3. The van der Waals surface area contributed by atoms with Crippen molar-refractivity contribution in [3.63, 3.8) is 0 Å². The van der Waals surface area contributed by atoms with Crippen molar-refractivity contribution in [2.24, 2.45) is 0 Å². The summed E-state index contributed by atoms with van der Waals surface area (Å²) in [6.45, 7) is 0. The number of benzene rings is 2. The Bertz CT molecular complexity index is 1010. The van der Waals surface area contributed by atoms with Crippen LogP contribution in [0.3, 0.4) is 0 Å². The Morgan fingerprint density at radius 3 is 2.32 bits per heavy atom. The molecule has 1 aromatic heterocycles. The van der Waals surface area contributed by atoms with Crippen LogP contribution in [0.4, 0.5) is 19.5 Å². The van der Waals surface area contributed by atoms with Crippen molar-refractivity contribution in [1.82, 2.24) is 15.3 Å². The molecule has 0 atom stereocenters. The molecule has 28 heavy (non-hydrogen) atoms. The van der Waals surface area contributed by atoms with Gasteiger partial charge in [-0.3, -0.25) is 15.4 Å². The second-order valence-corrected chi connectivity index (χ2v) is 5.66. The average molecular weight is 405 g/mol. The quantitative estimate of drug-likeness (QED) is 0.637. The second kappa shape index (κ2) is 8.40. The highest BCUT2D eigenvalue weighted by Gasteiger charge is 2.20. The third-order valence-electron chi connectivity index (χ3n) is 3.28. The summed E-state index contributed by atoms with van der Waals surface area (Å²) in [5.74, 6) is -3.26. The Morgan fingerprint density at radius 2 is 1.64 bits per heavy atom. The highest BCUT2D eigenvalue weighted by Crippen LogP contribution is 2.22. The first-order chi connectivity index (χ1) is 13.4. The summed E-state index contributed by atoms with van der Waals surface area (Å²) in [7, 11) is 0. The monoisotopic (exact) mass is 404 g/mol. The number of hydrogen-bond donors (Lipinski definition) is 2. The highest BCUT2D eigenvalue weighted by atomic mass is 35.5. The number of imide groups is 1. The maximum atomic E-state index is 13.6. The third-order valence-corrected chi connectivity index (χ3v) is 3.47. The largest absolute Gasteiger partial charge is 0.439 e. The summed E-state index contributed by atoms with van der Waals surface area (Å²) < 4.78 is 32.7. The molecule has 3 rings (SSSR count). The lowest BCUT2D eigenvalue weighted by Gasteiger charge is -2.09. The van der Waals surface area contributed by atoms with Gasteiger partial charge in [0.1, 0.15) is 28.1 Å². The zero-order chi connectivity index (χ0) is 20.1. The van der Waals surface area contributed by atoms with E-state index >= 15 is 0 Å². The van der Waals surface area contributed by atoms with Gasteiger partial charge in [0.05, 0.1) is 0 Å². The first-order valence-electron chi connectivity index (χ1n) is 7.76. The van der Waals surface area contributed by atoms with E-state index in [0.717, 1.165) is 18.2 Å². The molecule has 0 unspecified atom stereocenters. The van der Waals surface area contributed by atoms with E-state index in [1.807, 2.05) is 0 Å². The van der Waals surface area contributed by atoms with Crippen molar-refractivity contribution in [2.45, 2.75) is 0 Å². The van der Waals surface area contributed by atoms with E-state index < -0.39 is 29.1 Å². The predicted molar refractivity (Wildman–Crippen MR) is 96.4 cm³/mol. The molecule has 10 heteroatoms. The zero-order valence-corrected chi connectivity index (χ0v) is 14.7. The summed E-state index contributed by atoms with van der Waals surface area (Å²) in [5.41, 5.74) is -0.891. The summed E-state index contributed by atoms with van der Waals surface area (Å²) in [6.07, 6.45) is 0. The van der Waals surface area contributed by atoms with Crippen LogP contribution in [0.5, 0.6) is 11.6 Å². The van der Waals surface area contributed by atoms with Crippen LogP contribution >= 0.6 is 11.6 Å². The number of carbonyl (C=O) groups is 2. The van der Waals surface area contributed by atoms with Crippen LogP contribution in [0.1, 0.15) is 10.4 Å². The second-order valence-electron chi connectivity index (χ2n) is 5.27. The fraction of sp³-hybridized carbons (Fsp3) is 0. The molecule has 0 aliphatic carbocycles. The smallest absolute Gasteiger partial charge is 0.328 e. The van der Waals surface area contributed by atoms with Crippen LogP contribution in [0.25, 0.3) is 0 Å². The van der Waals surface area contributed by atoms with Crippen LogP contribution in [0.15, 0.2) is 54.6 Å². The lowest BCUT2D eigenvalue weighted by Crippen LogP contribution is -2.35. The average Bonchev–Trinajstić information content (AvgIpc) is 2.61. The SMILES string of the molecule is O=C(NC(=O)c1c(F)cccc1F)Nc1nc(Cl)cc(Oc2ccccc2)n1. The molecule has 0 radical (unpaired) electrons. The standard InChI is InChI=1S/C18H11ClF2N4O3/c19-13-9-14(28-10-5-2-1-3-6-10)23-17(22-13)25-18(27)24-16(26)15-11(20)7-4-8-12(15)21/h1-9H,(H2,22,23,24,25,26,27). The molecule has 1 heterocycles. The number of ether oxygens (including phenoxy) is 1. The Morgan fingerprint density at radius 1 is 0.964 bits per heavy atom. The van der Waals surface area contributed by atoms with Crippen LogP contribution in [0.2, 0.25) is 5.15 Å². The number of nitrogens with zero attached hydrogens (tertiary/aromatic N) is 2. The summed E-state index contributed by atoms with van der Waals surface area (Å²) in [6, 6.07) is 11.7. The Balaban J connectivity index is 1.71. The summed E-state index contributed by atoms with van der Waals surface area (Å²) >= 11 is 5.87. The van der Waals surface area contributed by atoms with Gasteiger partial charge < -0.3 is 4.74 Å². The molecule has 0 aliphatic heterocycles. The Labute approximate surface area is 162 Å². The molecule has 0 saturated carbocycles. The third kappa shape index (κ3) is 4.77. The molecule has 0 aliphatic rings. The molecule has 2 N–H and O–H groups in total. The minimum Gasteiger partial charge on any atom is -0.439 e. The molecule has 2 aromatic carbocycles. The molecule has 3 amide bonds. The van der Waals surface area contributed by atoms with Crippen molar-refractivity contribution in [2.75, 3.05) is 5.32 Å². The van der Waals surface area contributed by atoms with Gasteiger partial charge in [0.15, 0.2) is 0 Å². The fourth-order valence-electron chi connectivity index (χ4n) is 2.13. The van der Waals surface area contributed by atoms with Crippen molar-refractivity contribution in [1.29, 1.82) is 0 Å². The lowest BCUT2D eigenvalue weighted by molar-refractivity contribution is 0.0959. The van der Waals surface area contributed by atoms with Gasteiger partial charge in [0.25, 0.3) is 5.91 Å². The molecule has 0 fully saturated rings. The van der Waals surface area contributed by atoms with Crippen LogP contribution in [0, 0.1) is 11.6 Å². The van der Waals surface area contributed by atoms with Gasteiger partial charge in [-0.15, -0.1) is 0 Å². The summed E-state index contributed by atoms with van der Waals surface area (Å²) in [5, 5.41) is 3.89. The van der Waals surface area contributed by atoms with Crippen molar-refractivity contribution in [3.05, 3.63) is 76.9 Å². The van der Waals surface area contributed by atoms with Crippen molar-refractivity contribution >= 4 is 29.5 Å². The van der Waals surface area contributed by atoms with Crippen molar-refractivity contribution < 1.29 is 23.1 Å². The van der Waals surface area contributed by atoms with E-state index in [0.29, 0.717) is 5.75 Å². The number of hydrogen-bond acceptors (Lipinski definition) is 5. The van der Waals surface area contributed by atoms with E-state index in [-0.39, 0.29) is 17.0 Å². The number of para-hydroxylation sites is 1. The van der Waals surface area contributed by atoms with E-state index in [4.69, 9.17) is 16.3 Å². The molecule has 0 bridgehead atoms. The number of halogens is 3.